The average Bonchev–Trinajstić information content (AvgIpc) is 2.82. The molecule has 0 amide bonds. The van der Waals surface area contributed by atoms with Gasteiger partial charge in [0.25, 0.3) is 0 Å². The topological polar surface area (TPSA) is 89.9 Å². The Morgan fingerprint density at radius 1 is 1.08 bits per heavy atom. The van der Waals surface area contributed by atoms with Crippen molar-refractivity contribution in [2.75, 3.05) is 6.79 Å². The molecule has 0 aliphatic carbocycles. The van der Waals surface area contributed by atoms with Crippen molar-refractivity contribution in [3.8, 4) is 0 Å². The van der Waals surface area contributed by atoms with Crippen molar-refractivity contribution in [2.24, 2.45) is 0 Å². The highest BCUT2D eigenvalue weighted by Crippen LogP contribution is 2.18. The molecule has 0 aromatic heterocycles. The molecule has 0 spiro atoms. The van der Waals surface area contributed by atoms with Crippen LogP contribution in [0.15, 0.2) is 36.4 Å². The quantitative estimate of drug-likeness (QED) is 0.363. The first kappa shape index (κ1) is 16.0. The second-order valence-corrected chi connectivity index (χ2v) is 5.44. The minimum absolute atomic E-state index is 0.275. The number of hydrogen-bond donors (Lipinski definition) is 1. The van der Waals surface area contributed by atoms with E-state index in [0.717, 1.165) is 16.5 Å². The fourth-order valence-corrected chi connectivity index (χ4v) is 2.68. The van der Waals surface area contributed by atoms with Crippen LogP contribution in [0.2, 0.25) is 0 Å². The Labute approximate surface area is 138 Å². The highest BCUT2D eigenvalue weighted by atomic mass is 16.6. The van der Waals surface area contributed by atoms with E-state index in [1.165, 1.54) is 0 Å². The Hall–Kier alpha value is -2.93. The van der Waals surface area contributed by atoms with E-state index in [-0.39, 0.29) is 11.1 Å². The summed E-state index contributed by atoms with van der Waals surface area (Å²) >= 11 is 0. The third-order valence-electron chi connectivity index (χ3n) is 3.82. The van der Waals surface area contributed by atoms with Crippen LogP contribution in [0.25, 0.3) is 0 Å². The van der Waals surface area contributed by atoms with Crippen LogP contribution in [-0.2, 0) is 9.47 Å². The maximum absolute atomic E-state index is 11.7. The Kier molecular flexibility index (Phi) is 4.18. The van der Waals surface area contributed by atoms with E-state index in [9.17, 15) is 14.4 Å². The molecule has 2 aromatic rings. The Morgan fingerprint density at radius 2 is 1.75 bits per heavy atom. The molecule has 120 valence electrons. The fourth-order valence-electron chi connectivity index (χ4n) is 2.68. The molecule has 0 atom stereocenters. The van der Waals surface area contributed by atoms with Crippen LogP contribution >= 0.6 is 0 Å². The first-order valence-corrected chi connectivity index (χ1v) is 7.26. The third kappa shape index (κ3) is 2.94. The molecule has 0 fully saturated rings. The molecule has 0 saturated carbocycles. The SMILES string of the molecule is Cc1cc(Bc2ccc3c(c2)C(=O)OC3=O)ccc1C(=O)OCO. The lowest BCUT2D eigenvalue weighted by Crippen LogP contribution is -2.28. The molecule has 3 rings (SSSR count). The van der Waals surface area contributed by atoms with E-state index in [1.54, 1.807) is 37.3 Å². The summed E-state index contributed by atoms with van der Waals surface area (Å²) in [6.07, 6.45) is 0. The van der Waals surface area contributed by atoms with Crippen molar-refractivity contribution in [1.29, 1.82) is 0 Å². The van der Waals surface area contributed by atoms with E-state index >= 15 is 0 Å². The summed E-state index contributed by atoms with van der Waals surface area (Å²) in [5, 5.41) is 8.65. The summed E-state index contributed by atoms with van der Waals surface area (Å²) in [4.78, 5) is 34.7. The smallest absolute Gasteiger partial charge is 0.346 e. The molecule has 24 heavy (non-hydrogen) atoms. The van der Waals surface area contributed by atoms with Crippen LogP contribution in [0.1, 0.15) is 36.6 Å². The molecule has 1 aliphatic rings. The van der Waals surface area contributed by atoms with Gasteiger partial charge in [-0.05, 0) is 24.6 Å². The first-order valence-electron chi connectivity index (χ1n) is 7.26. The van der Waals surface area contributed by atoms with Crippen LogP contribution in [-0.4, -0.2) is 37.1 Å². The van der Waals surface area contributed by atoms with Gasteiger partial charge in [0.1, 0.15) is 0 Å². The number of hydrogen-bond acceptors (Lipinski definition) is 6. The normalized spacial score (nSPS) is 12.6. The van der Waals surface area contributed by atoms with Crippen LogP contribution in [0.4, 0.5) is 0 Å². The molecule has 6 nitrogen and oxygen atoms in total. The zero-order chi connectivity index (χ0) is 17.3. The largest absolute Gasteiger partial charge is 0.435 e. The number of ether oxygens (including phenoxy) is 2. The Balaban J connectivity index is 1.83. The van der Waals surface area contributed by atoms with E-state index in [2.05, 4.69) is 9.47 Å². The predicted octanol–water partition coefficient (Wildman–Crippen LogP) is -0.200. The van der Waals surface area contributed by atoms with Gasteiger partial charge < -0.3 is 14.6 Å². The summed E-state index contributed by atoms with van der Waals surface area (Å²) < 4.78 is 9.14. The maximum Gasteiger partial charge on any atom is 0.346 e. The van der Waals surface area contributed by atoms with Gasteiger partial charge in [-0.25, -0.2) is 14.4 Å². The van der Waals surface area contributed by atoms with Crippen molar-refractivity contribution < 1.29 is 29.0 Å². The van der Waals surface area contributed by atoms with Gasteiger partial charge in [0.15, 0.2) is 14.1 Å². The number of benzene rings is 2. The lowest BCUT2D eigenvalue weighted by atomic mass is 9.63. The zero-order valence-corrected chi connectivity index (χ0v) is 12.9. The van der Waals surface area contributed by atoms with Crippen molar-refractivity contribution >= 4 is 36.1 Å². The minimum atomic E-state index is -0.663. The number of carbonyl (C=O) groups is 3. The van der Waals surface area contributed by atoms with Crippen molar-refractivity contribution in [3.05, 3.63) is 58.7 Å². The monoisotopic (exact) mass is 324 g/mol. The number of carbonyl (C=O) groups excluding carboxylic acids is 3. The van der Waals surface area contributed by atoms with Gasteiger partial charge in [-0.15, -0.1) is 0 Å². The fraction of sp³-hybridized carbons (Fsp3) is 0.118. The average molecular weight is 324 g/mol. The highest BCUT2D eigenvalue weighted by Gasteiger charge is 2.29. The van der Waals surface area contributed by atoms with Gasteiger partial charge in [0.05, 0.1) is 16.7 Å². The van der Waals surface area contributed by atoms with E-state index in [1.807, 2.05) is 6.07 Å². The Bertz CT molecular complexity index is 858. The molecule has 0 bridgehead atoms. The van der Waals surface area contributed by atoms with Crippen molar-refractivity contribution in [1.82, 2.24) is 0 Å². The molecule has 2 aromatic carbocycles. The number of aliphatic hydroxyl groups is 1. The van der Waals surface area contributed by atoms with Gasteiger partial charge in [-0.1, -0.05) is 35.2 Å². The minimum Gasteiger partial charge on any atom is -0.435 e. The van der Waals surface area contributed by atoms with Crippen LogP contribution in [0.5, 0.6) is 0 Å². The molecule has 1 N–H and O–H groups in total. The lowest BCUT2D eigenvalue weighted by Gasteiger charge is -2.07. The summed E-state index contributed by atoms with van der Waals surface area (Å²) in [6, 6.07) is 10.2. The van der Waals surface area contributed by atoms with Gasteiger partial charge in [-0.3, -0.25) is 0 Å². The van der Waals surface area contributed by atoms with Crippen molar-refractivity contribution in [3.63, 3.8) is 0 Å². The third-order valence-corrected chi connectivity index (χ3v) is 3.82. The van der Waals surface area contributed by atoms with Crippen LogP contribution in [0.3, 0.4) is 0 Å². The molecule has 1 aliphatic heterocycles. The number of fused-ring (bicyclic) bond motifs is 1. The molecular formula is C17H13BO6. The van der Waals surface area contributed by atoms with Crippen molar-refractivity contribution in [2.45, 2.75) is 6.92 Å². The molecule has 0 saturated heterocycles. The lowest BCUT2D eigenvalue weighted by molar-refractivity contribution is 0.00672. The summed E-state index contributed by atoms with van der Waals surface area (Å²) in [5.41, 5.74) is 3.45. The number of rotatable bonds is 4. The van der Waals surface area contributed by atoms with Gasteiger partial charge in [0, 0.05) is 0 Å². The standard InChI is InChI=1S/C17H13BO6/c1-9-6-10(2-4-12(9)15(20)23-8-19)18-11-3-5-13-14(7-11)17(22)24-16(13)21/h2-7,18-19H,8H2,1H3. The molecular weight excluding hydrogens is 311 g/mol. The summed E-state index contributed by atoms with van der Waals surface area (Å²) in [7, 11) is 0.533. The summed E-state index contributed by atoms with van der Waals surface area (Å²) in [5.74, 6) is -1.83. The van der Waals surface area contributed by atoms with Crippen LogP contribution < -0.4 is 10.9 Å². The molecule has 7 heteroatoms. The number of aryl methyl sites for hydroxylation is 1. The van der Waals surface area contributed by atoms with E-state index in [4.69, 9.17) is 5.11 Å². The summed E-state index contributed by atoms with van der Waals surface area (Å²) in [6.45, 7) is 1.11. The second kappa shape index (κ2) is 6.29. The van der Waals surface area contributed by atoms with Gasteiger partial charge in [-0.2, -0.15) is 0 Å². The predicted molar refractivity (Wildman–Crippen MR) is 86.3 cm³/mol. The maximum atomic E-state index is 11.7. The number of esters is 3. The van der Waals surface area contributed by atoms with E-state index < -0.39 is 24.7 Å². The molecule has 0 radical (unpaired) electrons. The Morgan fingerprint density at radius 3 is 2.46 bits per heavy atom. The molecule has 0 unspecified atom stereocenters. The van der Waals surface area contributed by atoms with Gasteiger partial charge >= 0.3 is 17.9 Å². The van der Waals surface area contributed by atoms with Crippen LogP contribution in [0, 0.1) is 6.92 Å². The second-order valence-electron chi connectivity index (χ2n) is 5.44. The highest BCUT2D eigenvalue weighted by molar-refractivity contribution is 6.67. The van der Waals surface area contributed by atoms with Gasteiger partial charge in [0.2, 0.25) is 0 Å². The zero-order valence-electron chi connectivity index (χ0n) is 12.9. The molecule has 1 heterocycles. The first-order chi connectivity index (χ1) is 11.5. The number of aliphatic hydroxyl groups excluding tert-OH is 1. The van der Waals surface area contributed by atoms with E-state index in [0.29, 0.717) is 12.8 Å². The number of cyclic esters (lactones) is 2.